The molecule has 0 bridgehead atoms. The molecular formula is C10H19NO2. The van der Waals surface area contributed by atoms with Crippen LogP contribution in [0.3, 0.4) is 0 Å². The minimum atomic E-state index is -0.567. The van der Waals surface area contributed by atoms with Crippen molar-refractivity contribution in [2.24, 2.45) is 5.92 Å². The van der Waals surface area contributed by atoms with Crippen molar-refractivity contribution in [1.82, 2.24) is 5.32 Å². The van der Waals surface area contributed by atoms with Crippen molar-refractivity contribution in [3.05, 3.63) is 0 Å². The van der Waals surface area contributed by atoms with Crippen LogP contribution in [0.25, 0.3) is 0 Å². The molecule has 3 nitrogen and oxygen atoms in total. The van der Waals surface area contributed by atoms with Gasteiger partial charge in [0.1, 0.15) is 0 Å². The molecular weight excluding hydrogens is 166 g/mol. The van der Waals surface area contributed by atoms with E-state index in [1.54, 1.807) is 0 Å². The van der Waals surface area contributed by atoms with Crippen LogP contribution < -0.4 is 5.32 Å². The third-order valence-electron chi connectivity index (χ3n) is 3.57. The molecule has 1 saturated heterocycles. The van der Waals surface area contributed by atoms with Crippen LogP contribution in [0.4, 0.5) is 0 Å². The van der Waals surface area contributed by atoms with Crippen molar-refractivity contribution >= 4 is 0 Å². The Labute approximate surface area is 79.2 Å². The predicted molar refractivity (Wildman–Crippen MR) is 50.4 cm³/mol. The lowest BCUT2D eigenvalue weighted by molar-refractivity contribution is -0.0597. The summed E-state index contributed by atoms with van der Waals surface area (Å²) < 4.78 is 0. The highest BCUT2D eigenvalue weighted by Crippen LogP contribution is 2.48. The summed E-state index contributed by atoms with van der Waals surface area (Å²) >= 11 is 0. The highest BCUT2D eigenvalue weighted by molar-refractivity contribution is 5.12. The molecule has 1 saturated carbocycles. The average Bonchev–Trinajstić information content (AvgIpc) is 2.88. The SMILES string of the molecule is CCC[C@@H]1[C@@H](O)[C@H](O)CNC12CC2. The molecule has 0 aromatic heterocycles. The molecule has 3 heteroatoms. The lowest BCUT2D eigenvalue weighted by Gasteiger charge is -2.40. The fourth-order valence-electron chi connectivity index (χ4n) is 2.59. The highest BCUT2D eigenvalue weighted by atomic mass is 16.3. The zero-order valence-corrected chi connectivity index (χ0v) is 8.16. The highest BCUT2D eigenvalue weighted by Gasteiger charge is 2.55. The van der Waals surface area contributed by atoms with Crippen LogP contribution in [0.2, 0.25) is 0 Å². The Morgan fingerprint density at radius 2 is 2.08 bits per heavy atom. The van der Waals surface area contributed by atoms with E-state index < -0.39 is 12.2 Å². The summed E-state index contributed by atoms with van der Waals surface area (Å²) in [5, 5.41) is 22.8. The molecule has 1 heterocycles. The number of aliphatic hydroxyl groups is 2. The molecule has 3 atom stereocenters. The van der Waals surface area contributed by atoms with Gasteiger partial charge in [-0.25, -0.2) is 0 Å². The van der Waals surface area contributed by atoms with Crippen molar-refractivity contribution in [3.63, 3.8) is 0 Å². The van der Waals surface area contributed by atoms with E-state index in [-0.39, 0.29) is 11.5 Å². The van der Waals surface area contributed by atoms with Crippen molar-refractivity contribution in [3.8, 4) is 0 Å². The van der Waals surface area contributed by atoms with Crippen LogP contribution in [-0.2, 0) is 0 Å². The second-order valence-corrected chi connectivity index (χ2v) is 4.49. The topological polar surface area (TPSA) is 52.5 Å². The van der Waals surface area contributed by atoms with Crippen molar-refractivity contribution in [2.45, 2.75) is 50.4 Å². The minimum absolute atomic E-state index is 0.189. The van der Waals surface area contributed by atoms with Crippen LogP contribution in [0.15, 0.2) is 0 Å². The maximum atomic E-state index is 9.85. The first-order valence-corrected chi connectivity index (χ1v) is 5.31. The molecule has 76 valence electrons. The number of rotatable bonds is 2. The average molecular weight is 185 g/mol. The van der Waals surface area contributed by atoms with Gasteiger partial charge in [-0.1, -0.05) is 13.3 Å². The van der Waals surface area contributed by atoms with Crippen LogP contribution in [0, 0.1) is 5.92 Å². The lowest BCUT2D eigenvalue weighted by Crippen LogP contribution is -2.57. The Kier molecular flexibility index (Phi) is 2.34. The van der Waals surface area contributed by atoms with Crippen molar-refractivity contribution in [1.29, 1.82) is 0 Å². The molecule has 0 amide bonds. The van der Waals surface area contributed by atoms with Gasteiger partial charge in [0.05, 0.1) is 12.2 Å². The molecule has 0 unspecified atom stereocenters. The van der Waals surface area contributed by atoms with Crippen LogP contribution >= 0.6 is 0 Å². The van der Waals surface area contributed by atoms with Gasteiger partial charge in [0, 0.05) is 18.0 Å². The van der Waals surface area contributed by atoms with Crippen molar-refractivity contribution in [2.75, 3.05) is 6.54 Å². The number of β-amino-alcohol motifs (C(OH)–C–C–N with tert-alkyl or cyclic N) is 1. The monoisotopic (exact) mass is 185 g/mol. The summed E-state index contributed by atoms with van der Waals surface area (Å²) in [7, 11) is 0. The third-order valence-corrected chi connectivity index (χ3v) is 3.57. The van der Waals surface area contributed by atoms with Gasteiger partial charge in [0.2, 0.25) is 0 Å². The maximum Gasteiger partial charge on any atom is 0.0926 e. The Bertz CT molecular complexity index is 191. The van der Waals surface area contributed by atoms with Gasteiger partial charge in [-0.05, 0) is 19.3 Å². The number of hydrogen-bond acceptors (Lipinski definition) is 3. The summed E-state index contributed by atoms with van der Waals surface area (Å²) in [6.07, 6.45) is 3.36. The van der Waals surface area contributed by atoms with E-state index in [9.17, 15) is 10.2 Å². The molecule has 0 aromatic rings. The van der Waals surface area contributed by atoms with Crippen LogP contribution in [0.1, 0.15) is 32.6 Å². The minimum Gasteiger partial charge on any atom is -0.390 e. The van der Waals surface area contributed by atoms with Gasteiger partial charge >= 0.3 is 0 Å². The first-order valence-electron chi connectivity index (χ1n) is 5.31. The fourth-order valence-corrected chi connectivity index (χ4v) is 2.59. The molecule has 0 radical (unpaired) electrons. The van der Waals surface area contributed by atoms with E-state index >= 15 is 0 Å². The lowest BCUT2D eigenvalue weighted by atomic mass is 9.81. The van der Waals surface area contributed by atoms with E-state index in [4.69, 9.17) is 0 Å². The van der Waals surface area contributed by atoms with Crippen LogP contribution in [-0.4, -0.2) is 34.5 Å². The van der Waals surface area contributed by atoms with Crippen molar-refractivity contribution < 1.29 is 10.2 Å². The van der Waals surface area contributed by atoms with Gasteiger partial charge < -0.3 is 15.5 Å². The molecule has 1 aliphatic carbocycles. The normalized spacial score (nSPS) is 42.2. The molecule has 3 N–H and O–H groups in total. The Morgan fingerprint density at radius 3 is 2.62 bits per heavy atom. The summed E-state index contributed by atoms with van der Waals surface area (Å²) in [5.74, 6) is 0.265. The summed E-state index contributed by atoms with van der Waals surface area (Å²) in [6, 6.07) is 0. The Balaban J connectivity index is 2.06. The second-order valence-electron chi connectivity index (χ2n) is 4.49. The second kappa shape index (κ2) is 3.23. The first-order chi connectivity index (χ1) is 6.19. The van der Waals surface area contributed by atoms with E-state index in [1.807, 2.05) is 0 Å². The van der Waals surface area contributed by atoms with Gasteiger partial charge in [-0.3, -0.25) is 0 Å². The Hall–Kier alpha value is -0.120. The number of nitrogens with one attached hydrogen (secondary N) is 1. The van der Waals surface area contributed by atoms with E-state index in [0.717, 1.165) is 12.8 Å². The number of piperidine rings is 1. The number of aliphatic hydroxyl groups excluding tert-OH is 2. The predicted octanol–water partition coefficient (Wildman–Crippen LogP) is 0.260. The summed E-state index contributed by atoms with van der Waals surface area (Å²) in [4.78, 5) is 0. The fraction of sp³-hybridized carbons (Fsp3) is 1.00. The van der Waals surface area contributed by atoms with Gasteiger partial charge in [-0.15, -0.1) is 0 Å². The first kappa shape index (κ1) is 9.44. The van der Waals surface area contributed by atoms with E-state index in [2.05, 4.69) is 12.2 Å². The molecule has 2 aliphatic rings. The van der Waals surface area contributed by atoms with E-state index in [1.165, 1.54) is 12.8 Å². The van der Waals surface area contributed by atoms with Crippen LogP contribution in [0.5, 0.6) is 0 Å². The van der Waals surface area contributed by atoms with Gasteiger partial charge in [0.25, 0.3) is 0 Å². The molecule has 2 rings (SSSR count). The van der Waals surface area contributed by atoms with Gasteiger partial charge in [-0.2, -0.15) is 0 Å². The van der Waals surface area contributed by atoms with E-state index in [0.29, 0.717) is 6.54 Å². The largest absolute Gasteiger partial charge is 0.390 e. The third kappa shape index (κ3) is 1.49. The zero-order valence-electron chi connectivity index (χ0n) is 8.16. The summed E-state index contributed by atoms with van der Waals surface area (Å²) in [5.41, 5.74) is 0.189. The standard InChI is InChI=1S/C10H19NO2/c1-2-3-7-9(13)8(12)6-11-10(7)4-5-10/h7-9,11-13H,2-6H2,1H3/t7-,8-,9-/m1/s1. The summed E-state index contributed by atoms with van der Waals surface area (Å²) in [6.45, 7) is 2.69. The maximum absolute atomic E-state index is 9.85. The Morgan fingerprint density at radius 1 is 1.38 bits per heavy atom. The zero-order chi connectivity index (χ0) is 9.47. The smallest absolute Gasteiger partial charge is 0.0926 e. The van der Waals surface area contributed by atoms with Gasteiger partial charge in [0.15, 0.2) is 0 Å². The molecule has 1 spiro atoms. The molecule has 1 aliphatic heterocycles. The quantitative estimate of drug-likeness (QED) is 0.578. The molecule has 0 aromatic carbocycles. The molecule has 13 heavy (non-hydrogen) atoms. The molecule has 2 fully saturated rings. The number of hydrogen-bond donors (Lipinski definition) is 3.